The quantitative estimate of drug-likeness (QED) is 0.387. The van der Waals surface area contributed by atoms with Crippen molar-refractivity contribution in [3.63, 3.8) is 0 Å². The van der Waals surface area contributed by atoms with E-state index in [-0.39, 0.29) is 11.1 Å². The standard InChI is InChI=1S/C28H20N6O2/c35-27-15-17-29-33(27)25-13-5-11-23(31-25)21-9-3-1-7-19(21)20-8-2-4-10-22(20)24-12-6-14-26(32-24)34-28(36)16-18-30-34/h1-18,29-30H. The summed E-state index contributed by atoms with van der Waals surface area (Å²) in [6, 6.07) is 30.1. The molecule has 0 bridgehead atoms. The number of nitrogens with one attached hydrogen (secondary N) is 2. The second-order valence-electron chi connectivity index (χ2n) is 8.13. The predicted octanol–water partition coefficient (Wildman–Crippen LogP) is 4.44. The first kappa shape index (κ1) is 21.3. The fourth-order valence-electron chi connectivity index (χ4n) is 4.28. The molecule has 0 saturated carbocycles. The highest BCUT2D eigenvalue weighted by Gasteiger charge is 2.15. The largest absolute Gasteiger partial charge is 0.297 e. The van der Waals surface area contributed by atoms with E-state index in [4.69, 9.17) is 9.97 Å². The van der Waals surface area contributed by atoms with Crippen molar-refractivity contribution < 1.29 is 0 Å². The van der Waals surface area contributed by atoms with Crippen LogP contribution in [0.5, 0.6) is 0 Å². The number of hydrogen-bond donors (Lipinski definition) is 2. The Balaban J connectivity index is 1.49. The van der Waals surface area contributed by atoms with Crippen LogP contribution in [0.2, 0.25) is 0 Å². The molecule has 8 heteroatoms. The van der Waals surface area contributed by atoms with Crippen LogP contribution in [0.3, 0.4) is 0 Å². The van der Waals surface area contributed by atoms with E-state index in [1.165, 1.54) is 21.5 Å². The van der Waals surface area contributed by atoms with Gasteiger partial charge in [0.05, 0.1) is 11.4 Å². The van der Waals surface area contributed by atoms with Crippen LogP contribution >= 0.6 is 0 Å². The summed E-state index contributed by atoms with van der Waals surface area (Å²) in [4.78, 5) is 33.8. The highest BCUT2D eigenvalue weighted by Crippen LogP contribution is 2.37. The van der Waals surface area contributed by atoms with Crippen molar-refractivity contribution in [3.05, 3.63) is 130 Å². The molecule has 4 heterocycles. The van der Waals surface area contributed by atoms with E-state index >= 15 is 0 Å². The maximum absolute atomic E-state index is 12.2. The first-order valence-electron chi connectivity index (χ1n) is 11.4. The number of benzene rings is 2. The van der Waals surface area contributed by atoms with Gasteiger partial charge >= 0.3 is 0 Å². The van der Waals surface area contributed by atoms with Crippen molar-refractivity contribution in [3.8, 4) is 45.3 Å². The SMILES string of the molecule is O=c1cc[nH]n1-c1cccc(-c2ccccc2-c2ccccc2-c2cccc(-n3[nH]ccc3=O)n2)n1. The van der Waals surface area contributed by atoms with Crippen LogP contribution in [-0.2, 0) is 0 Å². The average molecular weight is 473 g/mol. The highest BCUT2D eigenvalue weighted by molar-refractivity contribution is 5.90. The number of hydrogen-bond acceptors (Lipinski definition) is 4. The molecule has 0 aliphatic carbocycles. The van der Waals surface area contributed by atoms with Crippen molar-refractivity contribution in [1.29, 1.82) is 0 Å². The van der Waals surface area contributed by atoms with Crippen LogP contribution in [0.25, 0.3) is 45.3 Å². The number of rotatable bonds is 5. The zero-order valence-electron chi connectivity index (χ0n) is 19.0. The number of H-pyrrole nitrogens is 2. The van der Waals surface area contributed by atoms with Gasteiger partial charge in [-0.15, -0.1) is 0 Å². The molecule has 0 fully saturated rings. The molecule has 0 spiro atoms. The van der Waals surface area contributed by atoms with Crippen LogP contribution in [0, 0.1) is 0 Å². The van der Waals surface area contributed by atoms with Crippen LogP contribution in [0.1, 0.15) is 0 Å². The lowest BCUT2D eigenvalue weighted by Crippen LogP contribution is -2.15. The second kappa shape index (κ2) is 8.84. The predicted molar refractivity (Wildman–Crippen MR) is 138 cm³/mol. The topological polar surface area (TPSA) is 101 Å². The van der Waals surface area contributed by atoms with Crippen molar-refractivity contribution >= 4 is 0 Å². The maximum atomic E-state index is 12.2. The van der Waals surface area contributed by atoms with Crippen molar-refractivity contribution in [2.45, 2.75) is 0 Å². The molecule has 0 atom stereocenters. The van der Waals surface area contributed by atoms with E-state index in [1.807, 2.05) is 72.8 Å². The van der Waals surface area contributed by atoms with Gasteiger partial charge in [-0.2, -0.15) is 0 Å². The molecule has 36 heavy (non-hydrogen) atoms. The van der Waals surface area contributed by atoms with Gasteiger partial charge in [-0.25, -0.2) is 19.3 Å². The Labute approximate surface area is 205 Å². The molecule has 6 rings (SSSR count). The lowest BCUT2D eigenvalue weighted by Gasteiger charge is -2.15. The summed E-state index contributed by atoms with van der Waals surface area (Å²) < 4.78 is 2.80. The summed E-state index contributed by atoms with van der Waals surface area (Å²) in [6.45, 7) is 0. The van der Waals surface area contributed by atoms with Crippen LogP contribution in [-0.4, -0.2) is 29.5 Å². The van der Waals surface area contributed by atoms with E-state index in [0.29, 0.717) is 11.6 Å². The van der Waals surface area contributed by atoms with E-state index in [2.05, 4.69) is 10.2 Å². The minimum atomic E-state index is -0.176. The minimum Gasteiger partial charge on any atom is -0.297 e. The highest BCUT2D eigenvalue weighted by atomic mass is 16.1. The summed E-state index contributed by atoms with van der Waals surface area (Å²) in [7, 11) is 0. The van der Waals surface area contributed by atoms with Crippen molar-refractivity contribution in [2.75, 3.05) is 0 Å². The minimum absolute atomic E-state index is 0.176. The molecule has 0 amide bonds. The van der Waals surface area contributed by atoms with Gasteiger partial charge in [0.15, 0.2) is 11.6 Å². The van der Waals surface area contributed by atoms with E-state index in [0.717, 1.165) is 33.6 Å². The summed E-state index contributed by atoms with van der Waals surface area (Å²) in [5.41, 5.74) is 4.90. The number of pyridine rings is 2. The van der Waals surface area contributed by atoms with Gasteiger partial charge in [0, 0.05) is 35.7 Å². The summed E-state index contributed by atoms with van der Waals surface area (Å²) >= 11 is 0. The molecule has 6 aromatic rings. The Kier molecular flexibility index (Phi) is 5.23. The van der Waals surface area contributed by atoms with Crippen molar-refractivity contribution in [1.82, 2.24) is 29.5 Å². The van der Waals surface area contributed by atoms with Gasteiger partial charge in [-0.1, -0.05) is 60.7 Å². The molecule has 0 aliphatic heterocycles. The monoisotopic (exact) mass is 472 g/mol. The fraction of sp³-hybridized carbons (Fsp3) is 0. The molecule has 8 nitrogen and oxygen atoms in total. The summed E-state index contributed by atoms with van der Waals surface area (Å²) in [5.74, 6) is 1.02. The Morgan fingerprint density at radius 1 is 0.472 bits per heavy atom. The second-order valence-corrected chi connectivity index (χ2v) is 8.13. The van der Waals surface area contributed by atoms with Gasteiger partial charge in [0.1, 0.15) is 0 Å². The molecule has 2 N–H and O–H groups in total. The first-order chi connectivity index (χ1) is 17.7. The molecule has 174 valence electrons. The Morgan fingerprint density at radius 3 is 1.28 bits per heavy atom. The van der Waals surface area contributed by atoms with Crippen LogP contribution in [0.4, 0.5) is 0 Å². The van der Waals surface area contributed by atoms with E-state index in [9.17, 15) is 9.59 Å². The molecular weight excluding hydrogens is 452 g/mol. The third kappa shape index (κ3) is 3.76. The van der Waals surface area contributed by atoms with Gasteiger partial charge in [-0.05, 0) is 35.4 Å². The number of nitrogens with zero attached hydrogens (tertiary/aromatic N) is 4. The molecule has 4 aromatic heterocycles. The van der Waals surface area contributed by atoms with Gasteiger partial charge in [-0.3, -0.25) is 19.8 Å². The lowest BCUT2D eigenvalue weighted by atomic mass is 9.92. The summed E-state index contributed by atoms with van der Waals surface area (Å²) in [6.07, 6.45) is 3.17. The van der Waals surface area contributed by atoms with E-state index in [1.54, 1.807) is 24.5 Å². The van der Waals surface area contributed by atoms with E-state index < -0.39 is 0 Å². The van der Waals surface area contributed by atoms with Gasteiger partial charge in [0.25, 0.3) is 11.1 Å². The molecule has 0 radical (unpaired) electrons. The third-order valence-corrected chi connectivity index (χ3v) is 5.92. The Morgan fingerprint density at radius 2 is 0.889 bits per heavy atom. The Bertz CT molecular complexity index is 1670. The zero-order chi connectivity index (χ0) is 24.5. The smallest absolute Gasteiger partial charge is 0.272 e. The van der Waals surface area contributed by atoms with Crippen molar-refractivity contribution in [2.24, 2.45) is 0 Å². The molecule has 0 unspecified atom stereocenters. The first-order valence-corrected chi connectivity index (χ1v) is 11.4. The number of aromatic nitrogens is 6. The lowest BCUT2D eigenvalue weighted by molar-refractivity contribution is 0.820. The van der Waals surface area contributed by atoms with Crippen LogP contribution < -0.4 is 11.1 Å². The van der Waals surface area contributed by atoms with Crippen LogP contribution in [0.15, 0.2) is 119 Å². The summed E-state index contributed by atoms with van der Waals surface area (Å²) in [5, 5.41) is 5.81. The molecule has 0 aliphatic rings. The maximum Gasteiger partial charge on any atom is 0.272 e. The third-order valence-electron chi connectivity index (χ3n) is 5.92. The fourth-order valence-corrected chi connectivity index (χ4v) is 4.28. The Hall–Kier alpha value is -5.24. The number of aromatic amines is 2. The van der Waals surface area contributed by atoms with Gasteiger partial charge in [0.2, 0.25) is 0 Å². The normalized spacial score (nSPS) is 11.0. The average Bonchev–Trinajstić information content (AvgIpc) is 3.56. The van der Waals surface area contributed by atoms with Gasteiger partial charge < -0.3 is 0 Å². The molecule has 2 aromatic carbocycles. The molecular formula is C28H20N6O2. The molecule has 0 saturated heterocycles. The zero-order valence-corrected chi connectivity index (χ0v) is 19.0.